The zero-order valence-electron chi connectivity index (χ0n) is 15.0. The van der Waals surface area contributed by atoms with Crippen LogP contribution in [-0.2, 0) is 4.79 Å². The summed E-state index contributed by atoms with van der Waals surface area (Å²) in [5.74, 6) is 0.181. The SMILES string of the molecule is CNC(=O)c1c(C)cccc1NC(=O)C1CCCN(c2ncccn2)C1. The molecule has 2 N–H and O–H groups in total. The first-order valence-corrected chi connectivity index (χ1v) is 8.74. The van der Waals surface area contributed by atoms with Crippen molar-refractivity contribution in [3.8, 4) is 0 Å². The average molecular weight is 353 g/mol. The molecular weight excluding hydrogens is 330 g/mol. The highest BCUT2D eigenvalue weighted by Crippen LogP contribution is 2.24. The molecule has 2 aromatic rings. The quantitative estimate of drug-likeness (QED) is 0.878. The minimum atomic E-state index is -0.207. The van der Waals surface area contributed by atoms with Crippen LogP contribution in [0.25, 0.3) is 0 Å². The monoisotopic (exact) mass is 353 g/mol. The molecule has 2 heterocycles. The van der Waals surface area contributed by atoms with Crippen LogP contribution >= 0.6 is 0 Å². The van der Waals surface area contributed by atoms with Crippen LogP contribution in [0.1, 0.15) is 28.8 Å². The fourth-order valence-electron chi connectivity index (χ4n) is 3.26. The fourth-order valence-corrected chi connectivity index (χ4v) is 3.26. The van der Waals surface area contributed by atoms with Gasteiger partial charge in [-0.1, -0.05) is 12.1 Å². The second kappa shape index (κ2) is 7.95. The number of hydrogen-bond donors (Lipinski definition) is 2. The first-order valence-electron chi connectivity index (χ1n) is 8.74. The molecule has 2 amide bonds. The molecule has 1 aliphatic rings. The molecule has 1 aromatic heterocycles. The molecule has 1 saturated heterocycles. The van der Waals surface area contributed by atoms with Crippen molar-refractivity contribution >= 4 is 23.5 Å². The number of carbonyl (C=O) groups excluding carboxylic acids is 2. The van der Waals surface area contributed by atoms with Gasteiger partial charge in [-0.05, 0) is 37.5 Å². The summed E-state index contributed by atoms with van der Waals surface area (Å²) >= 11 is 0. The summed E-state index contributed by atoms with van der Waals surface area (Å²) in [5, 5.41) is 5.57. The molecule has 3 rings (SSSR count). The molecular formula is C19H23N5O2. The van der Waals surface area contributed by atoms with E-state index in [4.69, 9.17) is 0 Å². The van der Waals surface area contributed by atoms with Crippen molar-refractivity contribution in [3.05, 3.63) is 47.8 Å². The molecule has 136 valence electrons. The van der Waals surface area contributed by atoms with Crippen LogP contribution < -0.4 is 15.5 Å². The van der Waals surface area contributed by atoms with E-state index < -0.39 is 0 Å². The molecule has 7 heteroatoms. The van der Waals surface area contributed by atoms with Crippen LogP contribution in [0.5, 0.6) is 0 Å². The van der Waals surface area contributed by atoms with Gasteiger partial charge >= 0.3 is 0 Å². The Morgan fingerprint density at radius 3 is 2.69 bits per heavy atom. The normalized spacial score (nSPS) is 16.8. The number of benzene rings is 1. The predicted octanol–water partition coefficient (Wildman–Crippen LogP) is 2.00. The predicted molar refractivity (Wildman–Crippen MR) is 100 cm³/mol. The highest BCUT2D eigenvalue weighted by atomic mass is 16.2. The lowest BCUT2D eigenvalue weighted by atomic mass is 9.96. The number of anilines is 2. The van der Waals surface area contributed by atoms with Crippen molar-refractivity contribution in [2.24, 2.45) is 5.92 Å². The minimum Gasteiger partial charge on any atom is -0.355 e. The fraction of sp³-hybridized carbons (Fsp3) is 0.368. The molecule has 26 heavy (non-hydrogen) atoms. The summed E-state index contributed by atoms with van der Waals surface area (Å²) in [6.07, 6.45) is 5.10. The van der Waals surface area contributed by atoms with Crippen LogP contribution in [0.2, 0.25) is 0 Å². The van der Waals surface area contributed by atoms with Gasteiger partial charge in [0.1, 0.15) is 0 Å². The van der Waals surface area contributed by atoms with Crippen molar-refractivity contribution in [1.82, 2.24) is 15.3 Å². The van der Waals surface area contributed by atoms with Crippen LogP contribution in [0.4, 0.5) is 11.6 Å². The van der Waals surface area contributed by atoms with Gasteiger partial charge in [-0.15, -0.1) is 0 Å². The summed E-state index contributed by atoms with van der Waals surface area (Å²) in [6.45, 7) is 3.26. The number of nitrogens with one attached hydrogen (secondary N) is 2. The molecule has 0 bridgehead atoms. The summed E-state index contributed by atoms with van der Waals surface area (Å²) in [4.78, 5) is 35.5. The highest BCUT2D eigenvalue weighted by molar-refractivity contribution is 6.05. The maximum Gasteiger partial charge on any atom is 0.253 e. The van der Waals surface area contributed by atoms with Gasteiger partial charge in [-0.3, -0.25) is 9.59 Å². The third kappa shape index (κ3) is 3.82. The molecule has 0 aliphatic carbocycles. The minimum absolute atomic E-state index is 0.0821. The number of aryl methyl sites for hydroxylation is 1. The maximum absolute atomic E-state index is 12.8. The van der Waals surface area contributed by atoms with Crippen molar-refractivity contribution in [2.45, 2.75) is 19.8 Å². The molecule has 1 atom stereocenters. The zero-order valence-corrected chi connectivity index (χ0v) is 15.0. The number of hydrogen-bond acceptors (Lipinski definition) is 5. The summed E-state index contributed by atoms with van der Waals surface area (Å²) in [6, 6.07) is 7.23. The Labute approximate surface area is 152 Å². The Bertz CT molecular complexity index is 794. The summed E-state index contributed by atoms with van der Waals surface area (Å²) in [5.41, 5.74) is 1.87. The van der Waals surface area contributed by atoms with E-state index in [1.165, 1.54) is 0 Å². The Kier molecular flexibility index (Phi) is 5.46. The van der Waals surface area contributed by atoms with Gasteiger partial charge in [0.2, 0.25) is 11.9 Å². The van der Waals surface area contributed by atoms with Crippen LogP contribution in [-0.4, -0.2) is 41.9 Å². The summed E-state index contributed by atoms with van der Waals surface area (Å²) in [7, 11) is 1.58. The van der Waals surface area contributed by atoms with E-state index in [1.807, 2.05) is 24.0 Å². The molecule has 0 saturated carbocycles. The molecule has 0 radical (unpaired) electrons. The van der Waals surface area contributed by atoms with Gasteiger partial charge in [0.25, 0.3) is 5.91 Å². The standard InChI is InChI=1S/C19H23N5O2/c1-13-6-3-8-15(16(13)18(26)20-2)23-17(25)14-7-4-11-24(12-14)19-21-9-5-10-22-19/h3,5-6,8-10,14H,4,7,11-12H2,1-2H3,(H,20,26)(H,23,25). The van der Waals surface area contributed by atoms with Gasteiger partial charge in [0.15, 0.2) is 0 Å². The number of carbonyl (C=O) groups is 2. The van der Waals surface area contributed by atoms with Crippen molar-refractivity contribution in [2.75, 3.05) is 30.4 Å². The number of aromatic nitrogens is 2. The Hall–Kier alpha value is -2.96. The largest absolute Gasteiger partial charge is 0.355 e. The highest BCUT2D eigenvalue weighted by Gasteiger charge is 2.28. The van der Waals surface area contributed by atoms with Crippen molar-refractivity contribution in [3.63, 3.8) is 0 Å². The van der Waals surface area contributed by atoms with E-state index >= 15 is 0 Å². The van der Waals surface area contributed by atoms with E-state index in [0.717, 1.165) is 24.9 Å². The van der Waals surface area contributed by atoms with Gasteiger partial charge in [0, 0.05) is 32.5 Å². The second-order valence-corrected chi connectivity index (χ2v) is 6.40. The first kappa shape index (κ1) is 17.8. The van der Waals surface area contributed by atoms with Crippen molar-refractivity contribution < 1.29 is 9.59 Å². The lowest BCUT2D eigenvalue weighted by Gasteiger charge is -2.32. The number of nitrogens with zero attached hydrogens (tertiary/aromatic N) is 3. The molecule has 7 nitrogen and oxygen atoms in total. The number of amides is 2. The number of rotatable bonds is 4. The third-order valence-corrected chi connectivity index (χ3v) is 4.61. The Balaban J connectivity index is 1.74. The molecule has 1 unspecified atom stereocenters. The topological polar surface area (TPSA) is 87.2 Å². The van der Waals surface area contributed by atoms with Crippen LogP contribution in [0, 0.1) is 12.8 Å². The van der Waals surface area contributed by atoms with Gasteiger partial charge < -0.3 is 15.5 Å². The van der Waals surface area contributed by atoms with Gasteiger partial charge in [-0.2, -0.15) is 0 Å². The van der Waals surface area contributed by atoms with E-state index in [2.05, 4.69) is 20.6 Å². The van der Waals surface area contributed by atoms with Gasteiger partial charge in [0.05, 0.1) is 17.2 Å². The van der Waals surface area contributed by atoms with E-state index in [0.29, 0.717) is 23.7 Å². The second-order valence-electron chi connectivity index (χ2n) is 6.40. The Morgan fingerprint density at radius 1 is 1.19 bits per heavy atom. The smallest absolute Gasteiger partial charge is 0.253 e. The molecule has 1 aliphatic heterocycles. The molecule has 1 fully saturated rings. The zero-order chi connectivity index (χ0) is 18.5. The van der Waals surface area contributed by atoms with E-state index in [1.54, 1.807) is 31.6 Å². The lowest BCUT2D eigenvalue weighted by Crippen LogP contribution is -2.41. The molecule has 0 spiro atoms. The van der Waals surface area contributed by atoms with E-state index in [-0.39, 0.29) is 17.7 Å². The number of piperidine rings is 1. The van der Waals surface area contributed by atoms with E-state index in [9.17, 15) is 9.59 Å². The lowest BCUT2D eigenvalue weighted by molar-refractivity contribution is -0.120. The maximum atomic E-state index is 12.8. The van der Waals surface area contributed by atoms with Crippen LogP contribution in [0.15, 0.2) is 36.7 Å². The average Bonchev–Trinajstić information content (AvgIpc) is 2.68. The van der Waals surface area contributed by atoms with Crippen molar-refractivity contribution in [1.29, 1.82) is 0 Å². The van der Waals surface area contributed by atoms with Crippen LogP contribution in [0.3, 0.4) is 0 Å². The molecule has 1 aromatic carbocycles. The first-order chi connectivity index (χ1) is 12.6. The summed E-state index contributed by atoms with van der Waals surface area (Å²) < 4.78 is 0. The Morgan fingerprint density at radius 2 is 1.96 bits per heavy atom. The third-order valence-electron chi connectivity index (χ3n) is 4.61. The van der Waals surface area contributed by atoms with Gasteiger partial charge in [-0.25, -0.2) is 9.97 Å².